The van der Waals surface area contributed by atoms with Gasteiger partial charge in [0.15, 0.2) is 0 Å². The molecule has 0 aliphatic heterocycles. The van der Waals surface area contributed by atoms with Crippen LogP contribution in [-0.4, -0.2) is 19.6 Å². The fourth-order valence-electron chi connectivity index (χ4n) is 7.93. The summed E-state index contributed by atoms with van der Waals surface area (Å²) in [5.41, 5.74) is 14.1. The zero-order valence-corrected chi connectivity index (χ0v) is 35.6. The maximum absolute atomic E-state index is 12.2. The van der Waals surface area contributed by atoms with E-state index in [1.54, 1.807) is 12.1 Å². The second kappa shape index (κ2) is 14.8. The lowest BCUT2D eigenvalue weighted by atomic mass is 9.83. The maximum atomic E-state index is 12.2. The number of rotatable bonds is 6. The standard InChI is InChI=1S/C55H55N3O/c1-35-22-24-36(25-23-35)38-28-29-56-47(33-38)40-30-39(31-42(32-40)54(5,6)7)43-18-15-21-49-50(43)57-52(44-19-14-20-46(51(44)59)55(8,9)10)58(49)48-27-26-41(53(2,3)4)34-45(48)37-16-12-11-13-17-37/h11-34,59H,1-10H3/i1D3. The number of para-hydroxylation sites is 2. The summed E-state index contributed by atoms with van der Waals surface area (Å²) in [6, 6.07) is 47.4. The molecule has 59 heavy (non-hydrogen) atoms. The Labute approximate surface area is 354 Å². The first kappa shape index (κ1) is 35.9. The Hall–Kier alpha value is -6.26. The number of nitrogens with zero attached hydrogens (tertiary/aromatic N) is 3. The zero-order valence-electron chi connectivity index (χ0n) is 38.6. The molecule has 0 saturated carbocycles. The number of aryl methyl sites for hydroxylation is 1. The average Bonchev–Trinajstić information content (AvgIpc) is 3.62. The zero-order chi connectivity index (χ0) is 44.4. The van der Waals surface area contributed by atoms with Crippen molar-refractivity contribution in [1.29, 1.82) is 0 Å². The molecule has 0 aliphatic carbocycles. The maximum Gasteiger partial charge on any atom is 0.149 e. The molecule has 4 nitrogen and oxygen atoms in total. The van der Waals surface area contributed by atoms with Crippen LogP contribution in [0.5, 0.6) is 5.75 Å². The molecule has 2 heterocycles. The minimum Gasteiger partial charge on any atom is -0.507 e. The number of aromatic hydroxyl groups is 1. The molecule has 0 radical (unpaired) electrons. The summed E-state index contributed by atoms with van der Waals surface area (Å²) in [5, 5.41) is 12.2. The number of benzene rings is 6. The van der Waals surface area contributed by atoms with Crippen LogP contribution >= 0.6 is 0 Å². The second-order valence-electron chi connectivity index (χ2n) is 18.8. The number of aromatic nitrogens is 3. The van der Waals surface area contributed by atoms with Gasteiger partial charge in [0.2, 0.25) is 0 Å². The van der Waals surface area contributed by atoms with Crippen molar-refractivity contribution in [3.63, 3.8) is 0 Å². The van der Waals surface area contributed by atoms with E-state index < -0.39 is 6.85 Å². The highest BCUT2D eigenvalue weighted by Gasteiger charge is 2.27. The Kier molecular flexibility index (Phi) is 9.02. The van der Waals surface area contributed by atoms with Crippen molar-refractivity contribution in [3.05, 3.63) is 168 Å². The van der Waals surface area contributed by atoms with Gasteiger partial charge in [0, 0.05) is 27.0 Å². The predicted octanol–water partition coefficient (Wildman–Crippen LogP) is 14.7. The Balaban J connectivity index is 1.39. The van der Waals surface area contributed by atoms with Gasteiger partial charge in [-0.25, -0.2) is 4.98 Å². The van der Waals surface area contributed by atoms with Crippen LogP contribution in [0.2, 0.25) is 0 Å². The molecule has 296 valence electrons. The highest BCUT2D eigenvalue weighted by molar-refractivity contribution is 5.98. The van der Waals surface area contributed by atoms with E-state index in [0.29, 0.717) is 17.0 Å². The monoisotopic (exact) mass is 776 g/mol. The topological polar surface area (TPSA) is 50.9 Å². The summed E-state index contributed by atoms with van der Waals surface area (Å²) >= 11 is 0. The number of hydrogen-bond acceptors (Lipinski definition) is 3. The van der Waals surface area contributed by atoms with Crippen LogP contribution in [0.15, 0.2) is 146 Å². The summed E-state index contributed by atoms with van der Waals surface area (Å²) in [7, 11) is 0. The molecule has 4 heteroatoms. The molecular formula is C55H55N3O. The first-order valence-electron chi connectivity index (χ1n) is 22.0. The first-order valence-corrected chi connectivity index (χ1v) is 20.5. The molecule has 2 aromatic heterocycles. The van der Waals surface area contributed by atoms with Gasteiger partial charge in [0.1, 0.15) is 11.6 Å². The summed E-state index contributed by atoms with van der Waals surface area (Å²) in [5.74, 6) is 0.879. The van der Waals surface area contributed by atoms with Gasteiger partial charge >= 0.3 is 0 Å². The molecule has 6 aromatic carbocycles. The van der Waals surface area contributed by atoms with E-state index in [4.69, 9.17) is 14.1 Å². The van der Waals surface area contributed by atoms with Crippen molar-refractivity contribution in [1.82, 2.24) is 14.5 Å². The number of hydrogen-bond donors (Lipinski definition) is 1. The Bertz CT molecular complexity index is 2940. The van der Waals surface area contributed by atoms with E-state index in [-0.39, 0.29) is 22.0 Å². The second-order valence-corrected chi connectivity index (χ2v) is 18.8. The molecule has 0 spiro atoms. The Morgan fingerprint density at radius 3 is 1.92 bits per heavy atom. The highest BCUT2D eigenvalue weighted by atomic mass is 16.3. The van der Waals surface area contributed by atoms with Crippen LogP contribution in [-0.2, 0) is 16.2 Å². The third-order valence-electron chi connectivity index (χ3n) is 11.3. The van der Waals surface area contributed by atoms with E-state index >= 15 is 0 Å². The van der Waals surface area contributed by atoms with Gasteiger partial charge in [-0.3, -0.25) is 9.55 Å². The molecule has 0 atom stereocenters. The summed E-state index contributed by atoms with van der Waals surface area (Å²) in [4.78, 5) is 10.4. The van der Waals surface area contributed by atoms with Crippen LogP contribution in [0, 0.1) is 6.85 Å². The van der Waals surface area contributed by atoms with Crippen LogP contribution in [0.4, 0.5) is 0 Å². The number of phenols is 1. The van der Waals surface area contributed by atoms with Gasteiger partial charge in [-0.1, -0.05) is 159 Å². The molecule has 0 amide bonds. The summed E-state index contributed by atoms with van der Waals surface area (Å²) < 4.78 is 25.7. The smallest absolute Gasteiger partial charge is 0.149 e. The van der Waals surface area contributed by atoms with Gasteiger partial charge in [0.25, 0.3) is 0 Å². The van der Waals surface area contributed by atoms with Crippen LogP contribution in [0.1, 0.15) is 88.7 Å². The van der Waals surface area contributed by atoms with Crippen LogP contribution in [0.25, 0.3) is 72.7 Å². The fraction of sp³-hybridized carbons (Fsp3) is 0.236. The highest BCUT2D eigenvalue weighted by Crippen LogP contribution is 2.44. The van der Waals surface area contributed by atoms with Gasteiger partial charge in [0.05, 0.1) is 28.0 Å². The Morgan fingerprint density at radius 2 is 1.22 bits per heavy atom. The minimum absolute atomic E-state index is 0.0805. The van der Waals surface area contributed by atoms with Crippen molar-refractivity contribution in [3.8, 4) is 67.5 Å². The molecule has 0 unspecified atom stereocenters. The van der Waals surface area contributed by atoms with Crippen LogP contribution in [0.3, 0.4) is 0 Å². The Morgan fingerprint density at radius 1 is 0.525 bits per heavy atom. The normalized spacial score (nSPS) is 13.3. The lowest BCUT2D eigenvalue weighted by molar-refractivity contribution is 0.448. The quantitative estimate of drug-likeness (QED) is 0.183. The van der Waals surface area contributed by atoms with Crippen molar-refractivity contribution < 1.29 is 9.22 Å². The van der Waals surface area contributed by atoms with E-state index in [1.807, 2.05) is 48.7 Å². The largest absolute Gasteiger partial charge is 0.507 e. The molecule has 0 saturated heterocycles. The van der Waals surface area contributed by atoms with Gasteiger partial charge in [-0.05, 0) is 111 Å². The van der Waals surface area contributed by atoms with Crippen LogP contribution < -0.4 is 0 Å². The molecule has 1 N–H and O–H groups in total. The molecule has 0 fully saturated rings. The number of imidazole rings is 1. The minimum atomic E-state index is -2.16. The number of phenolic OH excluding ortho intramolecular Hbond substituents is 1. The lowest BCUT2D eigenvalue weighted by Crippen LogP contribution is -2.12. The number of pyridine rings is 1. The van der Waals surface area contributed by atoms with Crippen molar-refractivity contribution in [2.45, 2.75) is 85.4 Å². The number of fused-ring (bicyclic) bond motifs is 1. The van der Waals surface area contributed by atoms with Crippen molar-refractivity contribution in [2.75, 3.05) is 0 Å². The summed E-state index contributed by atoms with van der Waals surface area (Å²) in [6.45, 7) is 17.6. The molecule has 8 aromatic rings. The first-order chi connectivity index (χ1) is 29.2. The van der Waals surface area contributed by atoms with Crippen molar-refractivity contribution >= 4 is 11.0 Å². The van der Waals surface area contributed by atoms with E-state index in [2.05, 4.69) is 152 Å². The average molecular weight is 777 g/mol. The van der Waals surface area contributed by atoms with E-state index in [0.717, 1.165) is 72.5 Å². The molecule has 8 rings (SSSR count). The fourth-order valence-corrected chi connectivity index (χ4v) is 7.93. The van der Waals surface area contributed by atoms with Crippen molar-refractivity contribution in [2.24, 2.45) is 0 Å². The third-order valence-corrected chi connectivity index (χ3v) is 11.3. The van der Waals surface area contributed by atoms with E-state index in [1.165, 1.54) is 5.56 Å². The predicted molar refractivity (Wildman–Crippen MR) is 249 cm³/mol. The third kappa shape index (κ3) is 7.72. The SMILES string of the molecule is [2H]C([2H])([2H])c1ccc(-c2ccnc(-c3cc(-c4cccc5c4nc(-c4cccc(C(C)(C)C)c4O)n5-c4ccc(C(C)(C)C)cc4-c4ccccc4)cc(C(C)(C)C)c3)c2)cc1. The molecule has 0 aliphatic rings. The van der Waals surface area contributed by atoms with Gasteiger partial charge in [-0.15, -0.1) is 0 Å². The molecule has 0 bridgehead atoms. The molecular weight excluding hydrogens is 719 g/mol. The van der Waals surface area contributed by atoms with E-state index in [9.17, 15) is 5.11 Å². The van der Waals surface area contributed by atoms with Gasteiger partial charge < -0.3 is 5.11 Å². The summed E-state index contributed by atoms with van der Waals surface area (Å²) in [6.07, 6.45) is 1.81. The van der Waals surface area contributed by atoms with Gasteiger partial charge in [-0.2, -0.15) is 0 Å². The lowest BCUT2D eigenvalue weighted by Gasteiger charge is -2.24.